The van der Waals surface area contributed by atoms with E-state index in [4.69, 9.17) is 0 Å². The van der Waals surface area contributed by atoms with Gasteiger partial charge in [-0.25, -0.2) is 8.42 Å². The van der Waals surface area contributed by atoms with Gasteiger partial charge in [-0.05, 0) is 37.1 Å². The SMILES string of the molecule is Cl.Cl.O=C(CCN1CCNCC1)Nc1ccc(S(=O)(=O)N2CCCC2)cc1. The molecule has 2 saturated heterocycles. The Labute approximate surface area is 173 Å². The van der Waals surface area contributed by atoms with E-state index >= 15 is 0 Å². The van der Waals surface area contributed by atoms with Gasteiger partial charge in [0.2, 0.25) is 15.9 Å². The van der Waals surface area contributed by atoms with E-state index in [0.717, 1.165) is 45.6 Å². The molecule has 1 amide bonds. The lowest BCUT2D eigenvalue weighted by molar-refractivity contribution is -0.116. The Morgan fingerprint density at radius 3 is 2.19 bits per heavy atom. The predicted molar refractivity (Wildman–Crippen MR) is 111 cm³/mol. The van der Waals surface area contributed by atoms with Crippen molar-refractivity contribution < 1.29 is 13.2 Å². The van der Waals surface area contributed by atoms with Gasteiger partial charge in [0.15, 0.2) is 0 Å². The number of nitrogens with zero attached hydrogens (tertiary/aromatic N) is 2. The first kappa shape index (κ1) is 24.1. The molecule has 3 rings (SSSR count). The van der Waals surface area contributed by atoms with Gasteiger partial charge in [0.25, 0.3) is 0 Å². The van der Waals surface area contributed by atoms with Crippen LogP contribution in [0.25, 0.3) is 0 Å². The van der Waals surface area contributed by atoms with Crippen molar-refractivity contribution in [2.24, 2.45) is 0 Å². The van der Waals surface area contributed by atoms with E-state index in [9.17, 15) is 13.2 Å². The van der Waals surface area contributed by atoms with Crippen LogP contribution in [0.2, 0.25) is 0 Å². The zero-order chi connectivity index (χ0) is 17.7. The van der Waals surface area contributed by atoms with Gasteiger partial charge in [0.05, 0.1) is 4.90 Å². The van der Waals surface area contributed by atoms with Crippen LogP contribution in [-0.2, 0) is 14.8 Å². The molecule has 2 fully saturated rings. The largest absolute Gasteiger partial charge is 0.326 e. The highest BCUT2D eigenvalue weighted by Gasteiger charge is 2.26. The number of halogens is 2. The van der Waals surface area contributed by atoms with Gasteiger partial charge >= 0.3 is 0 Å². The van der Waals surface area contributed by atoms with Crippen LogP contribution in [-0.4, -0.2) is 69.3 Å². The number of hydrogen-bond donors (Lipinski definition) is 2. The number of benzene rings is 1. The molecule has 0 radical (unpaired) electrons. The van der Waals surface area contributed by atoms with E-state index in [0.29, 0.717) is 25.2 Å². The molecule has 2 aliphatic rings. The summed E-state index contributed by atoms with van der Waals surface area (Å²) in [4.78, 5) is 14.6. The minimum absolute atomic E-state index is 0. The van der Waals surface area contributed by atoms with Gasteiger partial charge in [-0.1, -0.05) is 0 Å². The number of piperazine rings is 1. The van der Waals surface area contributed by atoms with Crippen LogP contribution in [0.15, 0.2) is 29.2 Å². The Morgan fingerprint density at radius 2 is 1.59 bits per heavy atom. The van der Waals surface area contributed by atoms with Gasteiger partial charge < -0.3 is 15.5 Å². The zero-order valence-electron chi connectivity index (χ0n) is 15.2. The molecule has 0 saturated carbocycles. The molecule has 2 aliphatic heterocycles. The average molecular weight is 439 g/mol. The molecular weight excluding hydrogens is 411 g/mol. The summed E-state index contributed by atoms with van der Waals surface area (Å²) in [7, 11) is -3.40. The number of hydrogen-bond acceptors (Lipinski definition) is 5. The number of sulfonamides is 1. The molecule has 0 unspecified atom stereocenters. The quantitative estimate of drug-likeness (QED) is 0.703. The molecule has 1 aromatic rings. The minimum Gasteiger partial charge on any atom is -0.326 e. The van der Waals surface area contributed by atoms with Gasteiger partial charge in [-0.2, -0.15) is 4.31 Å². The Bertz CT molecular complexity index is 689. The molecule has 27 heavy (non-hydrogen) atoms. The van der Waals surface area contributed by atoms with E-state index < -0.39 is 10.0 Å². The van der Waals surface area contributed by atoms with Gasteiger partial charge in [-0.3, -0.25) is 4.79 Å². The second-order valence-electron chi connectivity index (χ2n) is 6.53. The summed E-state index contributed by atoms with van der Waals surface area (Å²) in [6, 6.07) is 6.45. The Morgan fingerprint density at radius 1 is 1.00 bits per heavy atom. The van der Waals surface area contributed by atoms with Crippen LogP contribution in [0, 0.1) is 0 Å². The Kier molecular flexibility index (Phi) is 10.0. The Hall–Kier alpha value is -0.900. The number of anilines is 1. The van der Waals surface area contributed by atoms with Gasteiger partial charge in [-0.15, -0.1) is 24.8 Å². The summed E-state index contributed by atoms with van der Waals surface area (Å²) < 4.78 is 26.5. The molecule has 0 spiro atoms. The van der Waals surface area contributed by atoms with E-state index in [1.54, 1.807) is 24.3 Å². The molecule has 7 nitrogen and oxygen atoms in total. The van der Waals surface area contributed by atoms with Crippen LogP contribution in [0.1, 0.15) is 19.3 Å². The molecule has 10 heteroatoms. The summed E-state index contributed by atoms with van der Waals surface area (Å²) in [5.41, 5.74) is 0.630. The van der Waals surface area contributed by atoms with Crippen molar-refractivity contribution in [1.29, 1.82) is 0 Å². The molecule has 0 aliphatic carbocycles. The van der Waals surface area contributed by atoms with Crippen molar-refractivity contribution in [3.8, 4) is 0 Å². The second kappa shape index (κ2) is 11.2. The highest BCUT2D eigenvalue weighted by molar-refractivity contribution is 7.89. The lowest BCUT2D eigenvalue weighted by atomic mass is 10.3. The first-order valence-electron chi connectivity index (χ1n) is 8.89. The normalized spacial score (nSPS) is 18.4. The summed E-state index contributed by atoms with van der Waals surface area (Å²) >= 11 is 0. The summed E-state index contributed by atoms with van der Waals surface area (Å²) in [5.74, 6) is -0.0475. The molecule has 2 N–H and O–H groups in total. The summed E-state index contributed by atoms with van der Waals surface area (Å²) in [6.07, 6.45) is 2.27. The van der Waals surface area contributed by atoms with Crippen molar-refractivity contribution >= 4 is 46.4 Å². The standard InChI is InChI=1S/C17H26N4O3S.2ClH/c22-17(7-12-20-13-8-18-9-14-20)19-15-3-5-16(6-4-15)25(23,24)21-10-1-2-11-21;;/h3-6,18H,1-2,7-14H2,(H,19,22);2*1H. The Balaban J connectivity index is 0.00000182. The summed E-state index contributed by atoms with van der Waals surface area (Å²) in [6.45, 7) is 5.80. The fourth-order valence-corrected chi connectivity index (χ4v) is 4.72. The smallest absolute Gasteiger partial charge is 0.243 e. The third-order valence-corrected chi connectivity index (χ3v) is 6.62. The molecule has 0 bridgehead atoms. The fourth-order valence-electron chi connectivity index (χ4n) is 3.21. The third-order valence-electron chi connectivity index (χ3n) is 4.71. The van der Waals surface area contributed by atoms with E-state index in [-0.39, 0.29) is 35.6 Å². The van der Waals surface area contributed by atoms with Gasteiger partial charge in [0, 0.05) is 57.9 Å². The van der Waals surface area contributed by atoms with Crippen molar-refractivity contribution in [2.45, 2.75) is 24.2 Å². The van der Waals surface area contributed by atoms with Gasteiger partial charge in [0.1, 0.15) is 0 Å². The third kappa shape index (κ3) is 6.58. The molecule has 2 heterocycles. The number of nitrogens with one attached hydrogen (secondary N) is 2. The monoisotopic (exact) mass is 438 g/mol. The molecule has 0 aromatic heterocycles. The topological polar surface area (TPSA) is 81.8 Å². The first-order chi connectivity index (χ1) is 12.1. The molecule has 154 valence electrons. The molecule has 1 aromatic carbocycles. The van der Waals surface area contributed by atoms with Crippen LogP contribution in [0.5, 0.6) is 0 Å². The maximum Gasteiger partial charge on any atom is 0.243 e. The highest BCUT2D eigenvalue weighted by atomic mass is 35.5. The highest BCUT2D eigenvalue weighted by Crippen LogP contribution is 2.22. The maximum absolute atomic E-state index is 12.5. The maximum atomic E-state index is 12.5. The summed E-state index contributed by atoms with van der Waals surface area (Å²) in [5, 5.41) is 6.13. The number of carbonyl (C=O) groups excluding carboxylic acids is 1. The molecular formula is C17H28Cl2N4O3S. The van der Waals surface area contributed by atoms with Crippen molar-refractivity contribution in [1.82, 2.24) is 14.5 Å². The van der Waals surface area contributed by atoms with E-state index in [1.165, 1.54) is 4.31 Å². The average Bonchev–Trinajstić information content (AvgIpc) is 3.17. The zero-order valence-corrected chi connectivity index (χ0v) is 17.7. The van der Waals surface area contributed by atoms with Crippen LogP contribution in [0.3, 0.4) is 0 Å². The van der Waals surface area contributed by atoms with Crippen molar-refractivity contribution in [3.63, 3.8) is 0 Å². The van der Waals surface area contributed by atoms with Crippen molar-refractivity contribution in [3.05, 3.63) is 24.3 Å². The lowest BCUT2D eigenvalue weighted by Gasteiger charge is -2.26. The minimum atomic E-state index is -3.40. The number of amides is 1. The number of rotatable bonds is 6. The number of carbonyl (C=O) groups is 1. The predicted octanol–water partition coefficient (Wildman–Crippen LogP) is 1.55. The van der Waals surface area contributed by atoms with Crippen molar-refractivity contribution in [2.75, 3.05) is 51.1 Å². The second-order valence-corrected chi connectivity index (χ2v) is 8.46. The van der Waals surface area contributed by atoms with Crippen LogP contribution >= 0.6 is 24.8 Å². The van der Waals surface area contributed by atoms with Crippen LogP contribution in [0.4, 0.5) is 5.69 Å². The van der Waals surface area contributed by atoms with Crippen LogP contribution < -0.4 is 10.6 Å². The van der Waals surface area contributed by atoms with E-state index in [2.05, 4.69) is 15.5 Å². The first-order valence-corrected chi connectivity index (χ1v) is 10.3. The fraction of sp³-hybridized carbons (Fsp3) is 0.588. The molecule has 0 atom stereocenters. The van der Waals surface area contributed by atoms with E-state index in [1.807, 2.05) is 0 Å². The lowest BCUT2D eigenvalue weighted by Crippen LogP contribution is -2.44.